The molecule has 6 rings (SSSR count). The molecule has 3 heterocycles. The highest BCUT2D eigenvalue weighted by Crippen LogP contribution is 2.42. The Bertz CT molecular complexity index is 1380. The van der Waals surface area contributed by atoms with Gasteiger partial charge in [-0.15, -0.1) is 34.0 Å². The second-order valence-corrected chi connectivity index (χ2v) is 9.39. The minimum absolute atomic E-state index is 1.30. The first kappa shape index (κ1) is 14.0. The van der Waals surface area contributed by atoms with Crippen LogP contribution in [0, 0.1) is 0 Å². The second-order valence-electron chi connectivity index (χ2n) is 6.27. The maximum absolute atomic E-state index is 2.39. The molecule has 3 heteroatoms. The second kappa shape index (κ2) is 5.15. The molecule has 0 aliphatic rings. The fourth-order valence-corrected chi connectivity index (χ4v) is 6.57. The molecular formula is C22H12S3. The van der Waals surface area contributed by atoms with Crippen LogP contribution in [-0.2, 0) is 0 Å². The summed E-state index contributed by atoms with van der Waals surface area (Å²) in [6.07, 6.45) is 0. The van der Waals surface area contributed by atoms with E-state index in [1.807, 2.05) is 34.0 Å². The van der Waals surface area contributed by atoms with E-state index in [4.69, 9.17) is 0 Å². The summed E-state index contributed by atoms with van der Waals surface area (Å²) in [4.78, 5) is 1.35. The molecular weight excluding hydrogens is 360 g/mol. The van der Waals surface area contributed by atoms with Gasteiger partial charge in [-0.05, 0) is 58.1 Å². The zero-order valence-electron chi connectivity index (χ0n) is 13.2. The molecule has 0 amide bonds. The fraction of sp³-hybridized carbons (Fsp3) is 0. The molecule has 0 aliphatic heterocycles. The molecule has 0 bridgehead atoms. The van der Waals surface area contributed by atoms with Crippen molar-refractivity contribution in [2.24, 2.45) is 0 Å². The third kappa shape index (κ3) is 2.10. The summed E-state index contributed by atoms with van der Waals surface area (Å²) < 4.78 is 5.53. The number of benzene rings is 3. The first-order chi connectivity index (χ1) is 12.3. The van der Waals surface area contributed by atoms with Gasteiger partial charge in [-0.1, -0.05) is 30.3 Å². The van der Waals surface area contributed by atoms with Crippen LogP contribution in [0.15, 0.2) is 72.1 Å². The van der Waals surface area contributed by atoms with Crippen LogP contribution < -0.4 is 0 Å². The molecule has 3 aromatic heterocycles. The van der Waals surface area contributed by atoms with Crippen LogP contribution >= 0.6 is 34.0 Å². The molecule has 0 aliphatic carbocycles. The fourth-order valence-electron chi connectivity index (χ4n) is 3.51. The Balaban J connectivity index is 1.65. The number of fused-ring (bicyclic) bond motifs is 5. The number of hydrogen-bond donors (Lipinski definition) is 0. The molecule has 118 valence electrons. The van der Waals surface area contributed by atoms with Gasteiger partial charge in [0.05, 0.1) is 0 Å². The molecule has 0 radical (unpaired) electrons. The number of hydrogen-bond acceptors (Lipinski definition) is 3. The van der Waals surface area contributed by atoms with Crippen molar-refractivity contribution < 1.29 is 0 Å². The maximum Gasteiger partial charge on any atom is 0.0362 e. The predicted molar refractivity (Wildman–Crippen MR) is 116 cm³/mol. The minimum Gasteiger partial charge on any atom is -0.144 e. The van der Waals surface area contributed by atoms with Crippen molar-refractivity contribution in [1.82, 2.24) is 0 Å². The van der Waals surface area contributed by atoms with Crippen molar-refractivity contribution in [2.75, 3.05) is 0 Å². The number of rotatable bonds is 1. The molecule has 0 unspecified atom stereocenters. The standard InChI is InChI=1S/C22H12S3/c1-2-4-13(5-3-1)19-9-15-10-22-17(12-20(15)24-19)16-11-18-14(6-7-23-18)8-21(16)25-22/h1-12H. The Morgan fingerprint density at radius 2 is 1.32 bits per heavy atom. The van der Waals surface area contributed by atoms with Crippen molar-refractivity contribution in [1.29, 1.82) is 0 Å². The minimum atomic E-state index is 1.30. The average Bonchev–Trinajstić information content (AvgIpc) is 3.34. The van der Waals surface area contributed by atoms with E-state index in [-0.39, 0.29) is 0 Å². The molecule has 25 heavy (non-hydrogen) atoms. The van der Waals surface area contributed by atoms with Gasteiger partial charge in [0.15, 0.2) is 0 Å². The van der Waals surface area contributed by atoms with Gasteiger partial charge in [0, 0.05) is 34.4 Å². The van der Waals surface area contributed by atoms with Crippen molar-refractivity contribution in [3.8, 4) is 10.4 Å². The largest absolute Gasteiger partial charge is 0.144 e. The molecule has 3 aromatic carbocycles. The Hall–Kier alpha value is -2.20. The lowest BCUT2D eigenvalue weighted by atomic mass is 10.1. The highest BCUT2D eigenvalue weighted by Gasteiger charge is 2.11. The van der Waals surface area contributed by atoms with E-state index in [1.165, 1.54) is 50.8 Å². The van der Waals surface area contributed by atoms with Gasteiger partial charge in [-0.2, -0.15) is 0 Å². The zero-order chi connectivity index (χ0) is 16.4. The van der Waals surface area contributed by atoms with Gasteiger partial charge >= 0.3 is 0 Å². The summed E-state index contributed by atoms with van der Waals surface area (Å²) in [7, 11) is 0. The van der Waals surface area contributed by atoms with Crippen LogP contribution in [0.3, 0.4) is 0 Å². The zero-order valence-corrected chi connectivity index (χ0v) is 15.6. The van der Waals surface area contributed by atoms with E-state index >= 15 is 0 Å². The summed E-state index contributed by atoms with van der Waals surface area (Å²) in [5.74, 6) is 0. The van der Waals surface area contributed by atoms with Crippen molar-refractivity contribution >= 4 is 74.4 Å². The smallest absolute Gasteiger partial charge is 0.0362 e. The van der Waals surface area contributed by atoms with Crippen LogP contribution in [0.4, 0.5) is 0 Å². The van der Waals surface area contributed by atoms with E-state index in [0.717, 1.165) is 0 Å². The van der Waals surface area contributed by atoms with Crippen LogP contribution in [0.1, 0.15) is 0 Å². The molecule has 0 atom stereocenters. The quantitative estimate of drug-likeness (QED) is 0.273. The van der Waals surface area contributed by atoms with E-state index in [0.29, 0.717) is 0 Å². The van der Waals surface area contributed by atoms with Crippen LogP contribution in [0.5, 0.6) is 0 Å². The van der Waals surface area contributed by atoms with Crippen molar-refractivity contribution in [2.45, 2.75) is 0 Å². The first-order valence-electron chi connectivity index (χ1n) is 8.18. The molecule has 0 N–H and O–H groups in total. The van der Waals surface area contributed by atoms with Gasteiger partial charge in [0.25, 0.3) is 0 Å². The maximum atomic E-state index is 2.39. The van der Waals surface area contributed by atoms with Gasteiger partial charge in [0.2, 0.25) is 0 Å². The molecule has 0 fully saturated rings. The third-order valence-corrected chi connectivity index (χ3v) is 7.88. The van der Waals surface area contributed by atoms with Gasteiger partial charge in [-0.3, -0.25) is 0 Å². The summed E-state index contributed by atoms with van der Waals surface area (Å²) in [6, 6.07) is 24.7. The summed E-state index contributed by atoms with van der Waals surface area (Å²) in [5, 5.41) is 7.68. The molecule has 0 saturated carbocycles. The topological polar surface area (TPSA) is 0 Å². The Morgan fingerprint density at radius 1 is 0.560 bits per heavy atom. The monoisotopic (exact) mass is 372 g/mol. The summed E-state index contributed by atoms with van der Waals surface area (Å²) in [6.45, 7) is 0. The van der Waals surface area contributed by atoms with E-state index in [1.54, 1.807) is 0 Å². The van der Waals surface area contributed by atoms with E-state index in [9.17, 15) is 0 Å². The predicted octanol–water partition coefficient (Wildman–Crippen LogP) is 8.15. The Morgan fingerprint density at radius 3 is 2.16 bits per heavy atom. The Labute approximate surface area is 156 Å². The summed E-state index contributed by atoms with van der Waals surface area (Å²) >= 11 is 5.63. The normalized spacial score (nSPS) is 12.0. The number of thiophene rings is 3. The van der Waals surface area contributed by atoms with E-state index < -0.39 is 0 Å². The third-order valence-electron chi connectivity index (χ3n) is 4.74. The lowest BCUT2D eigenvalue weighted by molar-refractivity contribution is 1.70. The van der Waals surface area contributed by atoms with E-state index in [2.05, 4.69) is 72.1 Å². The Kier molecular flexibility index (Phi) is 2.89. The first-order valence-corrected chi connectivity index (χ1v) is 10.7. The highest BCUT2D eigenvalue weighted by atomic mass is 32.1. The van der Waals surface area contributed by atoms with Crippen molar-refractivity contribution in [3.63, 3.8) is 0 Å². The summed E-state index contributed by atoms with van der Waals surface area (Å²) in [5.41, 5.74) is 1.30. The lowest BCUT2D eigenvalue weighted by Gasteiger charge is -1.94. The molecule has 6 aromatic rings. The van der Waals surface area contributed by atoms with Crippen LogP contribution in [0.25, 0.3) is 50.8 Å². The molecule has 0 nitrogen and oxygen atoms in total. The SMILES string of the molecule is c1ccc(-c2cc3cc4sc5cc6ccsc6cc5c4cc3s2)cc1. The lowest BCUT2D eigenvalue weighted by Crippen LogP contribution is -1.68. The average molecular weight is 373 g/mol. The van der Waals surface area contributed by atoms with Crippen LogP contribution in [-0.4, -0.2) is 0 Å². The highest BCUT2D eigenvalue weighted by molar-refractivity contribution is 7.26. The van der Waals surface area contributed by atoms with Gasteiger partial charge in [0.1, 0.15) is 0 Å². The molecule has 0 saturated heterocycles. The van der Waals surface area contributed by atoms with Crippen molar-refractivity contribution in [3.05, 3.63) is 72.1 Å². The van der Waals surface area contributed by atoms with Crippen LogP contribution in [0.2, 0.25) is 0 Å². The molecule has 0 spiro atoms. The van der Waals surface area contributed by atoms with Gasteiger partial charge < -0.3 is 0 Å². The van der Waals surface area contributed by atoms with Gasteiger partial charge in [-0.25, -0.2) is 0 Å².